The molecular weight excluding hydrogens is 368 g/mol. The normalized spacial score (nSPS) is 11.1. The molecule has 6 nitrogen and oxygen atoms in total. The van der Waals surface area contributed by atoms with Crippen LogP contribution < -0.4 is 4.74 Å². The summed E-state index contributed by atoms with van der Waals surface area (Å²) in [6.45, 7) is 0. The first-order chi connectivity index (χ1) is 14.2. The lowest BCUT2D eigenvalue weighted by molar-refractivity contribution is 0.0600. The third-order valence-electron chi connectivity index (χ3n) is 4.38. The number of esters is 1. The molecule has 0 radical (unpaired) electrons. The maximum Gasteiger partial charge on any atom is 0.337 e. The third-order valence-corrected chi connectivity index (χ3v) is 4.38. The van der Waals surface area contributed by atoms with Crippen molar-refractivity contribution in [1.82, 2.24) is 4.98 Å². The van der Waals surface area contributed by atoms with Gasteiger partial charge in [0.05, 0.1) is 25.5 Å². The molecule has 0 N–H and O–H groups in total. The highest BCUT2D eigenvalue weighted by Gasteiger charge is 2.09. The van der Waals surface area contributed by atoms with E-state index in [0.717, 1.165) is 28.1 Å². The molecule has 29 heavy (non-hydrogen) atoms. The number of aromatic nitrogens is 1. The highest BCUT2D eigenvalue weighted by molar-refractivity contribution is 5.91. The first-order valence-corrected chi connectivity index (χ1v) is 8.94. The number of ether oxygens (including phenoxy) is 2. The molecule has 144 valence electrons. The highest BCUT2D eigenvalue weighted by Crippen LogP contribution is 2.28. The second kappa shape index (κ2) is 7.98. The molecule has 0 aliphatic heterocycles. The number of benzene rings is 3. The Labute approximate surface area is 167 Å². The van der Waals surface area contributed by atoms with E-state index in [-0.39, 0.29) is 5.97 Å². The van der Waals surface area contributed by atoms with Crippen LogP contribution >= 0.6 is 0 Å². The van der Waals surface area contributed by atoms with Gasteiger partial charge in [-0.3, -0.25) is 4.99 Å². The average molecular weight is 386 g/mol. The smallest absolute Gasteiger partial charge is 0.337 e. The topological polar surface area (TPSA) is 73.9 Å². The molecule has 0 fully saturated rings. The van der Waals surface area contributed by atoms with E-state index >= 15 is 0 Å². The molecule has 0 aliphatic carbocycles. The van der Waals surface area contributed by atoms with Crippen LogP contribution in [0.25, 0.3) is 22.6 Å². The van der Waals surface area contributed by atoms with Gasteiger partial charge in [0.1, 0.15) is 11.3 Å². The first-order valence-electron chi connectivity index (χ1n) is 8.94. The molecular formula is C23H18N2O4. The number of hydrogen-bond acceptors (Lipinski definition) is 6. The lowest BCUT2D eigenvalue weighted by Crippen LogP contribution is -2.00. The molecule has 1 heterocycles. The number of carbonyl (C=O) groups excluding carboxylic acids is 1. The van der Waals surface area contributed by atoms with E-state index in [9.17, 15) is 4.79 Å². The van der Waals surface area contributed by atoms with Gasteiger partial charge >= 0.3 is 5.97 Å². The van der Waals surface area contributed by atoms with Crippen LogP contribution in [0.4, 0.5) is 5.69 Å². The van der Waals surface area contributed by atoms with Crippen molar-refractivity contribution >= 4 is 29.0 Å². The molecule has 0 atom stereocenters. The summed E-state index contributed by atoms with van der Waals surface area (Å²) in [4.78, 5) is 20.5. The van der Waals surface area contributed by atoms with Gasteiger partial charge in [0.15, 0.2) is 5.58 Å². The highest BCUT2D eigenvalue weighted by atomic mass is 16.5. The quantitative estimate of drug-likeness (QED) is 0.355. The lowest BCUT2D eigenvalue weighted by atomic mass is 10.1. The second-order valence-corrected chi connectivity index (χ2v) is 6.27. The van der Waals surface area contributed by atoms with Crippen molar-refractivity contribution in [3.05, 3.63) is 77.9 Å². The van der Waals surface area contributed by atoms with E-state index in [1.54, 1.807) is 25.5 Å². The number of nitrogens with zero attached hydrogens (tertiary/aromatic N) is 2. The zero-order chi connectivity index (χ0) is 20.2. The molecule has 4 rings (SSSR count). The van der Waals surface area contributed by atoms with Crippen molar-refractivity contribution in [2.45, 2.75) is 0 Å². The molecule has 3 aromatic carbocycles. The van der Waals surface area contributed by atoms with E-state index < -0.39 is 0 Å². The number of aliphatic imine (C=N–C) groups is 1. The Hall–Kier alpha value is -3.93. The Morgan fingerprint density at radius 1 is 1.03 bits per heavy atom. The van der Waals surface area contributed by atoms with Crippen molar-refractivity contribution in [2.75, 3.05) is 14.2 Å². The molecule has 0 aliphatic rings. The lowest BCUT2D eigenvalue weighted by Gasteiger charge is -2.00. The van der Waals surface area contributed by atoms with Gasteiger partial charge in [-0.25, -0.2) is 9.78 Å². The minimum atomic E-state index is -0.364. The van der Waals surface area contributed by atoms with Crippen molar-refractivity contribution in [1.29, 1.82) is 0 Å². The van der Waals surface area contributed by atoms with Crippen LogP contribution in [0.5, 0.6) is 5.75 Å². The van der Waals surface area contributed by atoms with Gasteiger partial charge in [0.2, 0.25) is 5.89 Å². The predicted octanol–water partition coefficient (Wildman–Crippen LogP) is 5.04. The maximum atomic E-state index is 11.5. The minimum Gasteiger partial charge on any atom is -0.497 e. The van der Waals surface area contributed by atoms with E-state index in [0.29, 0.717) is 17.0 Å². The summed E-state index contributed by atoms with van der Waals surface area (Å²) in [7, 11) is 2.98. The number of rotatable bonds is 5. The molecule has 0 saturated carbocycles. The van der Waals surface area contributed by atoms with Gasteiger partial charge in [0, 0.05) is 11.8 Å². The minimum absolute atomic E-state index is 0.364. The summed E-state index contributed by atoms with van der Waals surface area (Å²) >= 11 is 0. The predicted molar refractivity (Wildman–Crippen MR) is 111 cm³/mol. The van der Waals surface area contributed by atoms with Crippen molar-refractivity contribution < 1.29 is 18.7 Å². The second-order valence-electron chi connectivity index (χ2n) is 6.27. The Bertz CT molecular complexity index is 1190. The standard InChI is InChI=1S/C23H18N2O4/c1-27-19-5-3-4-17(12-19)22-25-20-13-18(10-11-21(20)29-22)24-14-15-6-8-16(9-7-15)23(26)28-2/h3-14H,1-2H3. The summed E-state index contributed by atoms with van der Waals surface area (Å²) < 4.78 is 15.8. The molecule has 6 heteroatoms. The number of hydrogen-bond donors (Lipinski definition) is 0. The number of methoxy groups -OCH3 is 2. The molecule has 0 spiro atoms. The first kappa shape index (κ1) is 18.4. The van der Waals surface area contributed by atoms with E-state index in [1.807, 2.05) is 54.6 Å². The van der Waals surface area contributed by atoms with E-state index in [1.165, 1.54) is 7.11 Å². The Balaban J connectivity index is 1.57. The Morgan fingerprint density at radius 3 is 2.62 bits per heavy atom. The van der Waals surface area contributed by atoms with Crippen LogP contribution in [0.1, 0.15) is 15.9 Å². The van der Waals surface area contributed by atoms with Crippen LogP contribution in [0.2, 0.25) is 0 Å². The van der Waals surface area contributed by atoms with Gasteiger partial charge < -0.3 is 13.9 Å². The zero-order valence-corrected chi connectivity index (χ0v) is 16.0. The van der Waals surface area contributed by atoms with Crippen LogP contribution in [-0.2, 0) is 4.74 Å². The fourth-order valence-electron chi connectivity index (χ4n) is 2.85. The number of oxazole rings is 1. The van der Waals surface area contributed by atoms with Crippen LogP contribution in [-0.4, -0.2) is 31.4 Å². The zero-order valence-electron chi connectivity index (χ0n) is 16.0. The molecule has 1 aromatic heterocycles. The molecule has 0 unspecified atom stereocenters. The largest absolute Gasteiger partial charge is 0.497 e. The van der Waals surface area contributed by atoms with Gasteiger partial charge in [-0.15, -0.1) is 0 Å². The van der Waals surface area contributed by atoms with Crippen LogP contribution in [0, 0.1) is 0 Å². The summed E-state index contributed by atoms with van der Waals surface area (Å²) in [5, 5.41) is 0. The van der Waals surface area contributed by atoms with Gasteiger partial charge in [-0.1, -0.05) is 18.2 Å². The summed E-state index contributed by atoms with van der Waals surface area (Å²) in [6.07, 6.45) is 1.73. The van der Waals surface area contributed by atoms with Gasteiger partial charge in [0.25, 0.3) is 0 Å². The fourth-order valence-corrected chi connectivity index (χ4v) is 2.85. The third kappa shape index (κ3) is 4.01. The molecule has 0 saturated heterocycles. The van der Waals surface area contributed by atoms with Crippen molar-refractivity contribution in [3.63, 3.8) is 0 Å². The summed E-state index contributed by atoms with van der Waals surface area (Å²) in [5.74, 6) is 0.906. The molecule has 0 bridgehead atoms. The van der Waals surface area contributed by atoms with Crippen molar-refractivity contribution in [2.24, 2.45) is 4.99 Å². The SMILES string of the molecule is COC(=O)c1ccc(C=Nc2ccc3oc(-c4cccc(OC)c4)nc3c2)cc1. The maximum absolute atomic E-state index is 11.5. The van der Waals surface area contributed by atoms with Crippen molar-refractivity contribution in [3.8, 4) is 17.2 Å². The summed E-state index contributed by atoms with van der Waals surface area (Å²) in [5.41, 5.74) is 4.37. The van der Waals surface area contributed by atoms with E-state index in [2.05, 4.69) is 9.98 Å². The van der Waals surface area contributed by atoms with Crippen LogP contribution in [0.3, 0.4) is 0 Å². The fraction of sp³-hybridized carbons (Fsp3) is 0.0870. The number of carbonyl (C=O) groups is 1. The summed E-state index contributed by atoms with van der Waals surface area (Å²) in [6, 6.07) is 20.2. The van der Waals surface area contributed by atoms with Gasteiger partial charge in [-0.05, 0) is 54.1 Å². The number of fused-ring (bicyclic) bond motifs is 1. The van der Waals surface area contributed by atoms with Gasteiger partial charge in [-0.2, -0.15) is 0 Å². The van der Waals surface area contributed by atoms with Crippen LogP contribution in [0.15, 0.2) is 76.1 Å². The molecule has 4 aromatic rings. The van der Waals surface area contributed by atoms with E-state index in [4.69, 9.17) is 13.9 Å². The monoisotopic (exact) mass is 386 g/mol. The molecule has 0 amide bonds. The Kier molecular flexibility index (Phi) is 5.07. The average Bonchev–Trinajstić information content (AvgIpc) is 3.21. The Morgan fingerprint density at radius 2 is 1.86 bits per heavy atom.